The minimum Gasteiger partial charge on any atom is -0.478 e. The molecule has 0 radical (unpaired) electrons. The van der Waals surface area contributed by atoms with Gasteiger partial charge in [-0.05, 0) is 44.5 Å². The van der Waals surface area contributed by atoms with E-state index < -0.39 is 5.97 Å². The zero-order valence-corrected chi connectivity index (χ0v) is 12.5. The third kappa shape index (κ3) is 4.10. The van der Waals surface area contributed by atoms with Crippen molar-refractivity contribution in [3.8, 4) is 0 Å². The number of carboxylic acids is 1. The third-order valence-electron chi connectivity index (χ3n) is 2.88. The second-order valence-corrected chi connectivity index (χ2v) is 5.00. The fourth-order valence-corrected chi connectivity index (χ4v) is 2.11. The molecule has 0 unspecified atom stereocenters. The lowest BCUT2D eigenvalue weighted by Gasteiger charge is -2.25. The zero-order chi connectivity index (χ0) is 15.3. The van der Waals surface area contributed by atoms with Gasteiger partial charge in [0.05, 0.1) is 0 Å². The Morgan fingerprint density at radius 2 is 2.05 bits per heavy atom. The molecule has 0 spiro atoms. The van der Waals surface area contributed by atoms with E-state index in [-0.39, 0.29) is 11.9 Å². The first-order valence-electron chi connectivity index (χ1n) is 6.38. The maximum Gasteiger partial charge on any atom is 0.328 e. The van der Waals surface area contributed by atoms with Crippen LogP contribution in [-0.4, -0.2) is 34.5 Å². The van der Waals surface area contributed by atoms with Crippen LogP contribution in [0.3, 0.4) is 0 Å². The minimum atomic E-state index is -1.04. The van der Waals surface area contributed by atoms with Gasteiger partial charge in [0, 0.05) is 29.2 Å². The lowest BCUT2D eigenvalue weighted by molar-refractivity contribution is -0.131. The van der Waals surface area contributed by atoms with Gasteiger partial charge in [0.15, 0.2) is 0 Å². The van der Waals surface area contributed by atoms with E-state index in [1.54, 1.807) is 23.1 Å². The van der Waals surface area contributed by atoms with E-state index in [1.165, 1.54) is 6.08 Å². The van der Waals surface area contributed by atoms with Gasteiger partial charge < -0.3 is 10.0 Å². The van der Waals surface area contributed by atoms with Crippen molar-refractivity contribution in [3.63, 3.8) is 0 Å². The zero-order valence-electron chi connectivity index (χ0n) is 11.8. The first-order valence-corrected chi connectivity index (χ1v) is 6.76. The van der Waals surface area contributed by atoms with Crippen molar-refractivity contribution in [2.24, 2.45) is 0 Å². The van der Waals surface area contributed by atoms with Crippen molar-refractivity contribution >= 4 is 29.6 Å². The quantitative estimate of drug-likeness (QED) is 0.848. The number of carboxylic acid groups (broad SMARTS) is 1. The molecule has 1 rings (SSSR count). The third-order valence-corrected chi connectivity index (χ3v) is 3.21. The molecule has 1 aromatic carbocycles. The summed E-state index contributed by atoms with van der Waals surface area (Å²) < 4.78 is 0. The van der Waals surface area contributed by atoms with E-state index in [2.05, 4.69) is 0 Å². The highest BCUT2D eigenvalue weighted by molar-refractivity contribution is 6.32. The summed E-state index contributed by atoms with van der Waals surface area (Å²) in [7, 11) is 0. The second kappa shape index (κ2) is 7.10. The number of carbonyl (C=O) groups is 2. The van der Waals surface area contributed by atoms with Gasteiger partial charge >= 0.3 is 5.97 Å². The smallest absolute Gasteiger partial charge is 0.328 e. The number of rotatable bonds is 5. The molecule has 1 amide bonds. The number of nitrogens with zero attached hydrogens (tertiary/aromatic N) is 1. The molecule has 0 fully saturated rings. The average molecular weight is 296 g/mol. The van der Waals surface area contributed by atoms with Gasteiger partial charge in [-0.15, -0.1) is 0 Å². The number of halogens is 1. The number of amides is 1. The van der Waals surface area contributed by atoms with Crippen molar-refractivity contribution < 1.29 is 14.7 Å². The van der Waals surface area contributed by atoms with Crippen molar-refractivity contribution in [1.82, 2.24) is 4.90 Å². The molecule has 0 bridgehead atoms. The molecule has 108 valence electrons. The van der Waals surface area contributed by atoms with Crippen LogP contribution < -0.4 is 0 Å². The van der Waals surface area contributed by atoms with Crippen LogP contribution in [0.5, 0.6) is 0 Å². The molecule has 0 heterocycles. The van der Waals surface area contributed by atoms with Crippen molar-refractivity contribution in [3.05, 3.63) is 40.4 Å². The average Bonchev–Trinajstić information content (AvgIpc) is 2.37. The molecule has 0 saturated carbocycles. The minimum absolute atomic E-state index is 0.0850. The normalized spacial score (nSPS) is 11.1. The SMILES string of the molecule is CCN(C(=O)c1ccc(/C=C/C(=O)O)c(Cl)c1)C(C)C. The molecular weight excluding hydrogens is 278 g/mol. The lowest BCUT2D eigenvalue weighted by atomic mass is 10.1. The molecule has 1 N–H and O–H groups in total. The topological polar surface area (TPSA) is 57.6 Å². The van der Waals surface area contributed by atoms with Gasteiger partial charge in [-0.3, -0.25) is 4.79 Å². The Bertz CT molecular complexity index is 538. The number of benzene rings is 1. The Hall–Kier alpha value is -1.81. The molecule has 5 heteroatoms. The summed E-state index contributed by atoms with van der Waals surface area (Å²) in [6, 6.07) is 4.97. The molecule has 0 aliphatic rings. The summed E-state index contributed by atoms with van der Waals surface area (Å²) in [4.78, 5) is 24.5. The first kappa shape index (κ1) is 16.2. The van der Waals surface area contributed by atoms with Crippen LogP contribution in [0.2, 0.25) is 5.02 Å². The van der Waals surface area contributed by atoms with Gasteiger partial charge in [-0.25, -0.2) is 4.79 Å². The monoisotopic (exact) mass is 295 g/mol. The molecule has 0 aromatic heterocycles. The highest BCUT2D eigenvalue weighted by atomic mass is 35.5. The predicted molar refractivity (Wildman–Crippen MR) is 80.0 cm³/mol. The van der Waals surface area contributed by atoms with Gasteiger partial charge in [0.25, 0.3) is 5.91 Å². The Morgan fingerprint density at radius 1 is 1.40 bits per heavy atom. The summed E-state index contributed by atoms with van der Waals surface area (Å²) in [5.74, 6) is -1.13. The number of carbonyl (C=O) groups excluding carboxylic acids is 1. The number of aliphatic carboxylic acids is 1. The lowest BCUT2D eigenvalue weighted by Crippen LogP contribution is -2.36. The molecule has 0 aliphatic heterocycles. The molecule has 4 nitrogen and oxygen atoms in total. The predicted octanol–water partition coefficient (Wildman–Crippen LogP) is 3.31. The maximum absolute atomic E-state index is 12.3. The van der Waals surface area contributed by atoms with Crippen LogP contribution in [0.1, 0.15) is 36.7 Å². The van der Waals surface area contributed by atoms with E-state index in [1.807, 2.05) is 20.8 Å². The summed E-state index contributed by atoms with van der Waals surface area (Å²) >= 11 is 6.07. The van der Waals surface area contributed by atoms with Crippen LogP contribution >= 0.6 is 11.6 Å². The molecule has 1 aromatic rings. The Balaban J connectivity index is 3.03. The van der Waals surface area contributed by atoms with Crippen LogP contribution in [0, 0.1) is 0 Å². The van der Waals surface area contributed by atoms with Gasteiger partial charge in [-0.2, -0.15) is 0 Å². The summed E-state index contributed by atoms with van der Waals surface area (Å²) in [5.41, 5.74) is 1.07. The Labute approximate surface area is 123 Å². The van der Waals surface area contributed by atoms with E-state index in [0.717, 1.165) is 6.08 Å². The fourth-order valence-electron chi connectivity index (χ4n) is 1.87. The van der Waals surface area contributed by atoms with E-state index in [0.29, 0.717) is 22.7 Å². The Kier molecular flexibility index (Phi) is 5.77. The van der Waals surface area contributed by atoms with E-state index in [4.69, 9.17) is 16.7 Å². The van der Waals surface area contributed by atoms with Crippen LogP contribution in [0.25, 0.3) is 6.08 Å². The summed E-state index contributed by atoms with van der Waals surface area (Å²) in [5, 5.41) is 8.94. The van der Waals surface area contributed by atoms with Crippen LogP contribution in [0.4, 0.5) is 0 Å². The second-order valence-electron chi connectivity index (χ2n) is 4.59. The van der Waals surface area contributed by atoms with Gasteiger partial charge in [0.2, 0.25) is 0 Å². The standard InChI is InChI=1S/C15H18ClNO3/c1-4-17(10(2)3)15(20)12-6-5-11(13(16)9-12)7-8-14(18)19/h5-10H,4H2,1-3H3,(H,18,19)/b8-7+. The molecular formula is C15H18ClNO3. The fraction of sp³-hybridized carbons (Fsp3) is 0.333. The first-order chi connectivity index (χ1) is 9.36. The van der Waals surface area contributed by atoms with E-state index >= 15 is 0 Å². The summed E-state index contributed by atoms with van der Waals surface area (Å²) in [6.07, 6.45) is 2.41. The number of hydrogen-bond donors (Lipinski definition) is 1. The van der Waals surface area contributed by atoms with Crippen molar-refractivity contribution in [2.45, 2.75) is 26.8 Å². The van der Waals surface area contributed by atoms with Crippen molar-refractivity contribution in [2.75, 3.05) is 6.54 Å². The highest BCUT2D eigenvalue weighted by Gasteiger charge is 2.17. The Morgan fingerprint density at radius 3 is 2.50 bits per heavy atom. The van der Waals surface area contributed by atoms with Crippen LogP contribution in [-0.2, 0) is 4.79 Å². The summed E-state index contributed by atoms with van der Waals surface area (Å²) in [6.45, 7) is 6.44. The highest BCUT2D eigenvalue weighted by Crippen LogP contribution is 2.21. The molecule has 0 atom stereocenters. The van der Waals surface area contributed by atoms with Gasteiger partial charge in [0.1, 0.15) is 0 Å². The number of hydrogen-bond acceptors (Lipinski definition) is 2. The maximum atomic E-state index is 12.3. The molecule has 0 aliphatic carbocycles. The van der Waals surface area contributed by atoms with Gasteiger partial charge in [-0.1, -0.05) is 17.7 Å². The van der Waals surface area contributed by atoms with Crippen LogP contribution in [0.15, 0.2) is 24.3 Å². The molecule has 20 heavy (non-hydrogen) atoms. The van der Waals surface area contributed by atoms with Crippen molar-refractivity contribution in [1.29, 1.82) is 0 Å². The largest absolute Gasteiger partial charge is 0.478 e. The molecule has 0 saturated heterocycles. The van der Waals surface area contributed by atoms with E-state index in [9.17, 15) is 9.59 Å².